The van der Waals surface area contributed by atoms with Crippen LogP contribution in [0.4, 0.5) is 10.3 Å². The number of fused-ring (bicyclic) bond motifs is 1. The first-order chi connectivity index (χ1) is 14.5. The van der Waals surface area contributed by atoms with E-state index in [0.29, 0.717) is 35.2 Å². The van der Waals surface area contributed by atoms with Gasteiger partial charge in [0.2, 0.25) is 11.8 Å². The number of hydrogen-bond donors (Lipinski definition) is 2. The van der Waals surface area contributed by atoms with Gasteiger partial charge in [-0.1, -0.05) is 6.07 Å². The van der Waals surface area contributed by atoms with Crippen molar-refractivity contribution in [3.63, 3.8) is 0 Å². The Bertz CT molecular complexity index is 1120. The smallest absolute Gasteiger partial charge is 0.319 e. The Morgan fingerprint density at radius 2 is 1.93 bits per heavy atom. The summed E-state index contributed by atoms with van der Waals surface area (Å²) in [5.41, 5.74) is 8.53. The van der Waals surface area contributed by atoms with Crippen LogP contribution in [0.5, 0.6) is 11.9 Å². The first-order valence-corrected chi connectivity index (χ1v) is 9.14. The highest BCUT2D eigenvalue weighted by Gasteiger charge is 2.27. The molecule has 0 spiro atoms. The Balaban J connectivity index is 1.69. The van der Waals surface area contributed by atoms with Crippen molar-refractivity contribution < 1.29 is 18.7 Å². The van der Waals surface area contributed by atoms with Crippen LogP contribution >= 0.6 is 0 Å². The lowest BCUT2D eigenvalue weighted by Crippen LogP contribution is -2.43. The maximum Gasteiger partial charge on any atom is 0.319 e. The number of halogens is 1. The zero-order valence-electron chi connectivity index (χ0n) is 16.3. The predicted octanol–water partition coefficient (Wildman–Crippen LogP) is 1.57. The normalized spacial score (nSPS) is 15.3. The number of anilines is 1. The van der Waals surface area contributed by atoms with Gasteiger partial charge in [0.05, 0.1) is 31.0 Å². The molecule has 30 heavy (non-hydrogen) atoms. The highest BCUT2D eigenvalue weighted by atomic mass is 19.1. The molecule has 0 bridgehead atoms. The fraction of sp³-hybridized carbons (Fsp3) is 0.250. The number of nitrogens with zero attached hydrogens (tertiary/aromatic N) is 4. The van der Waals surface area contributed by atoms with E-state index in [1.54, 1.807) is 6.07 Å². The van der Waals surface area contributed by atoms with Crippen LogP contribution < -0.4 is 20.5 Å². The molecule has 2 aromatic heterocycles. The molecule has 0 aliphatic carbocycles. The molecule has 3 aromatic rings. The van der Waals surface area contributed by atoms with Crippen molar-refractivity contribution in [2.24, 2.45) is 0 Å². The van der Waals surface area contributed by atoms with E-state index >= 15 is 0 Å². The molecule has 9 nitrogen and oxygen atoms in total. The van der Waals surface area contributed by atoms with Gasteiger partial charge in [0.15, 0.2) is 0 Å². The average molecular weight is 410 g/mol. The van der Waals surface area contributed by atoms with E-state index in [4.69, 9.17) is 15.2 Å². The third kappa shape index (κ3) is 3.71. The summed E-state index contributed by atoms with van der Waals surface area (Å²) in [7, 11) is 2.91. The number of aromatic nitrogens is 4. The van der Waals surface area contributed by atoms with E-state index in [9.17, 15) is 9.18 Å². The number of carbonyl (C=O) groups excluding carboxylic acids is 1. The van der Waals surface area contributed by atoms with E-state index in [2.05, 4.69) is 25.3 Å². The number of benzene rings is 1. The second-order valence-corrected chi connectivity index (χ2v) is 6.75. The van der Waals surface area contributed by atoms with Crippen LogP contribution in [0.1, 0.15) is 21.6 Å². The van der Waals surface area contributed by atoms with E-state index in [0.717, 1.165) is 5.56 Å². The lowest BCUT2D eigenvalue weighted by atomic mass is 9.91. The maximum atomic E-state index is 14.1. The first-order valence-electron chi connectivity index (χ1n) is 9.14. The van der Waals surface area contributed by atoms with Crippen molar-refractivity contribution in [2.45, 2.75) is 18.9 Å². The Morgan fingerprint density at radius 3 is 2.70 bits per heavy atom. The maximum absolute atomic E-state index is 14.1. The van der Waals surface area contributed by atoms with Gasteiger partial charge in [0.1, 0.15) is 5.82 Å². The summed E-state index contributed by atoms with van der Waals surface area (Å²) in [6.45, 7) is 0. The van der Waals surface area contributed by atoms with Gasteiger partial charge >= 0.3 is 6.01 Å². The van der Waals surface area contributed by atoms with Crippen LogP contribution in [0.25, 0.3) is 11.1 Å². The molecule has 1 aliphatic rings. The van der Waals surface area contributed by atoms with Crippen molar-refractivity contribution in [3.8, 4) is 23.0 Å². The Kier molecular flexibility index (Phi) is 5.13. The molecule has 0 saturated carbocycles. The van der Waals surface area contributed by atoms with Crippen LogP contribution in [0.15, 0.2) is 30.6 Å². The summed E-state index contributed by atoms with van der Waals surface area (Å²) in [5.74, 6) is -0.308. The zero-order valence-corrected chi connectivity index (χ0v) is 16.3. The number of ether oxygens (including phenoxy) is 2. The minimum absolute atomic E-state index is 0.116. The van der Waals surface area contributed by atoms with Crippen molar-refractivity contribution in [3.05, 3.63) is 53.2 Å². The van der Waals surface area contributed by atoms with Gasteiger partial charge in [0.25, 0.3) is 5.91 Å². The minimum atomic E-state index is -0.412. The van der Waals surface area contributed by atoms with Gasteiger partial charge in [-0.25, -0.2) is 19.3 Å². The molecule has 3 N–H and O–H groups in total. The molecule has 0 saturated heterocycles. The van der Waals surface area contributed by atoms with Gasteiger partial charge in [0, 0.05) is 24.9 Å². The highest BCUT2D eigenvalue weighted by molar-refractivity contribution is 5.96. The van der Waals surface area contributed by atoms with Gasteiger partial charge in [-0.3, -0.25) is 4.79 Å². The largest absolute Gasteiger partial charge is 0.480 e. The molecule has 1 unspecified atom stereocenters. The molecule has 0 fully saturated rings. The summed E-state index contributed by atoms with van der Waals surface area (Å²) >= 11 is 0. The number of carbonyl (C=O) groups is 1. The molecule has 4 rings (SSSR count). The van der Waals surface area contributed by atoms with Crippen molar-refractivity contribution >= 4 is 11.9 Å². The molecule has 1 atom stereocenters. The third-order valence-electron chi connectivity index (χ3n) is 4.84. The number of rotatable bonds is 5. The number of methoxy groups -OCH3 is 2. The van der Waals surface area contributed by atoms with Crippen LogP contribution in [-0.4, -0.2) is 46.1 Å². The quantitative estimate of drug-likeness (QED) is 0.649. The third-order valence-corrected chi connectivity index (χ3v) is 4.84. The number of nitrogens with one attached hydrogen (secondary N) is 1. The second kappa shape index (κ2) is 7.90. The molecule has 10 heteroatoms. The van der Waals surface area contributed by atoms with E-state index < -0.39 is 5.82 Å². The summed E-state index contributed by atoms with van der Waals surface area (Å²) in [4.78, 5) is 28.8. The van der Waals surface area contributed by atoms with Crippen molar-refractivity contribution in [1.82, 2.24) is 25.3 Å². The molecule has 1 aromatic carbocycles. The number of nitrogens with two attached hydrogens (primary N) is 1. The Hall–Kier alpha value is -3.82. The summed E-state index contributed by atoms with van der Waals surface area (Å²) < 4.78 is 24.5. The van der Waals surface area contributed by atoms with E-state index in [1.165, 1.54) is 38.7 Å². The first kappa shape index (κ1) is 19.5. The Morgan fingerprint density at radius 1 is 1.13 bits per heavy atom. The molecular formula is C20H19FN6O3. The van der Waals surface area contributed by atoms with Crippen LogP contribution in [0.3, 0.4) is 0 Å². The van der Waals surface area contributed by atoms with E-state index in [1.807, 2.05) is 0 Å². The predicted molar refractivity (Wildman–Crippen MR) is 106 cm³/mol. The molecular weight excluding hydrogens is 391 g/mol. The lowest BCUT2D eigenvalue weighted by Gasteiger charge is -2.25. The summed E-state index contributed by atoms with van der Waals surface area (Å²) in [6.07, 6.45) is 3.85. The standard InChI is InChI=1S/C20H19FN6O3/c1-29-18-14(8-24-20(27-18)30-2)13-6-11(21)4-3-10(13)5-12-7-16-15(17(28)25-12)9-23-19(22)26-16/h3-4,6,8-9,12H,5,7H2,1-2H3,(H,25,28)(H2,22,23,26). The monoisotopic (exact) mass is 410 g/mol. The fourth-order valence-corrected chi connectivity index (χ4v) is 3.48. The van der Waals surface area contributed by atoms with Crippen LogP contribution in [0, 0.1) is 5.82 Å². The molecule has 154 valence electrons. The zero-order chi connectivity index (χ0) is 21.3. The molecule has 1 amide bonds. The molecule has 1 aliphatic heterocycles. The fourth-order valence-electron chi connectivity index (χ4n) is 3.48. The average Bonchev–Trinajstić information content (AvgIpc) is 2.74. The number of nitrogen functional groups attached to an aromatic ring is 1. The highest BCUT2D eigenvalue weighted by Crippen LogP contribution is 2.33. The van der Waals surface area contributed by atoms with Crippen LogP contribution in [0.2, 0.25) is 0 Å². The number of hydrogen-bond acceptors (Lipinski definition) is 8. The molecule has 0 radical (unpaired) electrons. The van der Waals surface area contributed by atoms with Gasteiger partial charge in [-0.2, -0.15) is 4.98 Å². The summed E-state index contributed by atoms with van der Waals surface area (Å²) in [5, 5.41) is 2.94. The van der Waals surface area contributed by atoms with Crippen molar-refractivity contribution in [2.75, 3.05) is 20.0 Å². The number of amides is 1. The van der Waals surface area contributed by atoms with Crippen LogP contribution in [-0.2, 0) is 12.8 Å². The molecule has 3 heterocycles. The van der Waals surface area contributed by atoms with Gasteiger partial charge < -0.3 is 20.5 Å². The lowest BCUT2D eigenvalue weighted by molar-refractivity contribution is 0.0923. The second-order valence-electron chi connectivity index (χ2n) is 6.75. The van der Waals surface area contributed by atoms with Gasteiger partial charge in [-0.05, 0) is 29.7 Å². The SMILES string of the molecule is COc1ncc(-c2cc(F)ccc2CC2Cc3nc(N)ncc3C(=O)N2)c(OC)n1. The Labute approximate surface area is 171 Å². The van der Waals surface area contributed by atoms with Crippen molar-refractivity contribution in [1.29, 1.82) is 0 Å². The summed E-state index contributed by atoms with van der Waals surface area (Å²) in [6, 6.07) is 4.32. The minimum Gasteiger partial charge on any atom is -0.480 e. The van der Waals surface area contributed by atoms with Gasteiger partial charge in [-0.15, -0.1) is 0 Å². The van der Waals surface area contributed by atoms with E-state index in [-0.39, 0.29) is 29.8 Å². The topological polar surface area (TPSA) is 125 Å².